The molecule has 1 N–H and O–H groups in total. The van der Waals surface area contributed by atoms with E-state index in [-0.39, 0.29) is 16.9 Å². The number of aromatic nitrogens is 3. The fraction of sp³-hybridized carbons (Fsp3) is 0.100. The molecule has 0 saturated heterocycles. The SMILES string of the molecule is Cc1ccc(-c2nnc(SCC(=O)Nc3nc(-c4ccc(F)c(F)c4)cs3)o2)cc1. The number of nitrogens with zero attached hydrogens (tertiary/aromatic N) is 3. The Balaban J connectivity index is 1.34. The molecule has 2 aromatic carbocycles. The zero-order valence-electron chi connectivity index (χ0n) is 15.6. The normalized spacial score (nSPS) is 10.9. The Kier molecular flexibility index (Phi) is 5.86. The first-order chi connectivity index (χ1) is 14.5. The van der Waals surface area contributed by atoms with Crippen molar-refractivity contribution >= 4 is 34.1 Å². The summed E-state index contributed by atoms with van der Waals surface area (Å²) in [6, 6.07) is 11.2. The Labute approximate surface area is 178 Å². The number of thiazole rings is 1. The summed E-state index contributed by atoms with van der Waals surface area (Å²) in [7, 11) is 0. The second-order valence-electron chi connectivity index (χ2n) is 6.24. The Bertz CT molecular complexity index is 1190. The number of anilines is 1. The van der Waals surface area contributed by atoms with E-state index in [9.17, 15) is 13.6 Å². The zero-order chi connectivity index (χ0) is 21.1. The van der Waals surface area contributed by atoms with Crippen molar-refractivity contribution in [3.8, 4) is 22.7 Å². The minimum Gasteiger partial charge on any atom is -0.411 e. The van der Waals surface area contributed by atoms with E-state index < -0.39 is 11.6 Å². The van der Waals surface area contributed by atoms with Gasteiger partial charge in [-0.15, -0.1) is 21.5 Å². The molecule has 6 nitrogen and oxygen atoms in total. The number of hydrogen-bond donors (Lipinski definition) is 1. The van der Waals surface area contributed by atoms with E-state index >= 15 is 0 Å². The molecule has 0 aliphatic carbocycles. The van der Waals surface area contributed by atoms with Crippen LogP contribution in [0.1, 0.15) is 5.56 Å². The summed E-state index contributed by atoms with van der Waals surface area (Å²) in [5.41, 5.74) is 2.80. The van der Waals surface area contributed by atoms with E-state index in [1.165, 1.54) is 17.4 Å². The number of carbonyl (C=O) groups is 1. The Morgan fingerprint density at radius 1 is 1.10 bits per heavy atom. The van der Waals surface area contributed by atoms with E-state index in [1.807, 2.05) is 31.2 Å². The number of nitrogens with one attached hydrogen (secondary N) is 1. The van der Waals surface area contributed by atoms with E-state index in [0.29, 0.717) is 22.3 Å². The van der Waals surface area contributed by atoms with Gasteiger partial charge >= 0.3 is 0 Å². The Morgan fingerprint density at radius 2 is 1.87 bits per heavy atom. The highest BCUT2D eigenvalue weighted by Crippen LogP contribution is 2.27. The van der Waals surface area contributed by atoms with Crippen LogP contribution in [-0.2, 0) is 4.79 Å². The van der Waals surface area contributed by atoms with Gasteiger partial charge in [0.15, 0.2) is 16.8 Å². The first kappa shape index (κ1) is 20.2. The van der Waals surface area contributed by atoms with Crippen molar-refractivity contribution in [1.29, 1.82) is 0 Å². The second-order valence-corrected chi connectivity index (χ2v) is 8.03. The lowest BCUT2D eigenvalue weighted by molar-refractivity contribution is -0.113. The molecule has 0 saturated carbocycles. The molecule has 0 aliphatic rings. The standard InChI is InChI=1S/C20H14F2N4O2S2/c1-11-2-4-12(5-3-11)18-25-26-20(28-18)30-10-17(27)24-19-23-16(9-29-19)13-6-7-14(21)15(22)8-13/h2-9H,10H2,1H3,(H,23,24,27). The molecule has 0 unspecified atom stereocenters. The van der Waals surface area contributed by atoms with Crippen LogP contribution in [0.4, 0.5) is 13.9 Å². The minimum atomic E-state index is -0.952. The van der Waals surface area contributed by atoms with E-state index in [1.54, 1.807) is 5.38 Å². The van der Waals surface area contributed by atoms with Crippen molar-refractivity contribution in [2.45, 2.75) is 12.1 Å². The van der Waals surface area contributed by atoms with Crippen LogP contribution in [-0.4, -0.2) is 26.8 Å². The summed E-state index contributed by atoms with van der Waals surface area (Å²) in [6.45, 7) is 1.99. The number of amides is 1. The van der Waals surface area contributed by atoms with E-state index in [4.69, 9.17) is 4.42 Å². The summed E-state index contributed by atoms with van der Waals surface area (Å²) >= 11 is 2.29. The lowest BCUT2D eigenvalue weighted by Gasteiger charge is -2.00. The molecule has 2 heterocycles. The molecule has 10 heteroatoms. The molecule has 0 fully saturated rings. The summed E-state index contributed by atoms with van der Waals surface area (Å²) < 4.78 is 32.0. The predicted molar refractivity (Wildman–Crippen MR) is 111 cm³/mol. The Hall–Kier alpha value is -3.11. The summed E-state index contributed by atoms with van der Waals surface area (Å²) in [6.07, 6.45) is 0. The van der Waals surface area contributed by atoms with Crippen LogP contribution in [0.5, 0.6) is 0 Å². The smallest absolute Gasteiger partial charge is 0.277 e. The molecule has 0 bridgehead atoms. The van der Waals surface area contributed by atoms with Crippen molar-refractivity contribution in [2.75, 3.05) is 11.1 Å². The largest absolute Gasteiger partial charge is 0.411 e. The van der Waals surface area contributed by atoms with E-state index in [0.717, 1.165) is 35.0 Å². The average Bonchev–Trinajstić information content (AvgIpc) is 3.39. The van der Waals surface area contributed by atoms with Crippen LogP contribution in [0.15, 0.2) is 57.5 Å². The van der Waals surface area contributed by atoms with Crippen LogP contribution >= 0.6 is 23.1 Å². The fourth-order valence-electron chi connectivity index (χ4n) is 2.48. The van der Waals surface area contributed by atoms with Gasteiger partial charge < -0.3 is 9.73 Å². The van der Waals surface area contributed by atoms with Crippen LogP contribution in [0, 0.1) is 18.6 Å². The molecule has 4 aromatic rings. The van der Waals surface area contributed by atoms with Crippen molar-refractivity contribution in [3.05, 3.63) is 65.0 Å². The highest BCUT2D eigenvalue weighted by Gasteiger charge is 2.13. The number of halogens is 2. The predicted octanol–water partition coefficient (Wildman–Crippen LogP) is 5.18. The van der Waals surface area contributed by atoms with Gasteiger partial charge in [-0.1, -0.05) is 29.5 Å². The molecule has 0 atom stereocenters. The van der Waals surface area contributed by atoms with Gasteiger partial charge in [0.1, 0.15) is 0 Å². The quantitative estimate of drug-likeness (QED) is 0.413. The minimum absolute atomic E-state index is 0.0512. The maximum Gasteiger partial charge on any atom is 0.277 e. The van der Waals surface area contributed by atoms with Crippen molar-refractivity contribution < 1.29 is 18.0 Å². The van der Waals surface area contributed by atoms with Crippen molar-refractivity contribution in [3.63, 3.8) is 0 Å². The molecule has 4 rings (SSSR count). The van der Waals surface area contributed by atoms with Gasteiger partial charge in [0.05, 0.1) is 11.4 Å². The number of benzene rings is 2. The number of hydrogen-bond acceptors (Lipinski definition) is 7. The molecular weight excluding hydrogens is 430 g/mol. The van der Waals surface area contributed by atoms with Gasteiger partial charge in [-0.3, -0.25) is 4.79 Å². The monoisotopic (exact) mass is 444 g/mol. The van der Waals surface area contributed by atoms with Crippen molar-refractivity contribution in [2.24, 2.45) is 0 Å². The highest BCUT2D eigenvalue weighted by molar-refractivity contribution is 7.99. The third-order valence-corrected chi connectivity index (χ3v) is 5.57. The number of carbonyl (C=O) groups excluding carboxylic acids is 1. The third kappa shape index (κ3) is 4.71. The lowest BCUT2D eigenvalue weighted by Crippen LogP contribution is -2.13. The summed E-state index contributed by atoms with van der Waals surface area (Å²) in [5.74, 6) is -1.75. The van der Waals surface area contributed by atoms with Crippen molar-refractivity contribution in [1.82, 2.24) is 15.2 Å². The summed E-state index contributed by atoms with van der Waals surface area (Å²) in [4.78, 5) is 16.4. The van der Waals surface area contributed by atoms with Crippen LogP contribution in [0.3, 0.4) is 0 Å². The first-order valence-electron chi connectivity index (χ1n) is 8.72. The van der Waals surface area contributed by atoms with E-state index in [2.05, 4.69) is 20.5 Å². The van der Waals surface area contributed by atoms with Gasteiger partial charge in [-0.25, -0.2) is 13.8 Å². The average molecular weight is 444 g/mol. The molecule has 2 aromatic heterocycles. The maximum absolute atomic E-state index is 13.4. The van der Waals surface area contributed by atoms with Crippen LogP contribution in [0.25, 0.3) is 22.7 Å². The zero-order valence-corrected chi connectivity index (χ0v) is 17.2. The molecule has 1 amide bonds. The van der Waals surface area contributed by atoms with Gasteiger partial charge in [-0.05, 0) is 37.3 Å². The molecule has 152 valence electrons. The lowest BCUT2D eigenvalue weighted by atomic mass is 10.1. The second kappa shape index (κ2) is 8.72. The molecular formula is C20H14F2N4O2S2. The fourth-order valence-corrected chi connectivity index (χ4v) is 3.78. The molecule has 0 radical (unpaired) electrons. The first-order valence-corrected chi connectivity index (χ1v) is 10.6. The molecule has 0 spiro atoms. The van der Waals surface area contributed by atoms with Gasteiger partial charge in [0.2, 0.25) is 11.8 Å². The van der Waals surface area contributed by atoms with Gasteiger partial charge in [-0.2, -0.15) is 0 Å². The molecule has 30 heavy (non-hydrogen) atoms. The van der Waals surface area contributed by atoms with Crippen LogP contribution < -0.4 is 5.32 Å². The number of rotatable bonds is 6. The summed E-state index contributed by atoms with van der Waals surface area (Å²) in [5, 5.41) is 12.9. The molecule has 0 aliphatic heterocycles. The third-order valence-electron chi connectivity index (χ3n) is 4.00. The van der Waals surface area contributed by atoms with Gasteiger partial charge in [0, 0.05) is 16.5 Å². The highest BCUT2D eigenvalue weighted by atomic mass is 32.2. The number of thioether (sulfide) groups is 1. The maximum atomic E-state index is 13.4. The number of aryl methyl sites for hydroxylation is 1. The van der Waals surface area contributed by atoms with Crippen LogP contribution in [0.2, 0.25) is 0 Å². The Morgan fingerprint density at radius 3 is 2.63 bits per heavy atom. The topological polar surface area (TPSA) is 80.9 Å². The van der Waals surface area contributed by atoms with Gasteiger partial charge in [0.25, 0.3) is 5.22 Å².